The molecule has 1 amide bonds. The number of carbonyl (C=O) groups is 1. The van der Waals surface area contributed by atoms with Crippen LogP contribution >= 0.6 is 15.9 Å². The summed E-state index contributed by atoms with van der Waals surface area (Å²) < 4.78 is 39.9. The van der Waals surface area contributed by atoms with Crippen LogP contribution in [0.25, 0.3) is 0 Å². The van der Waals surface area contributed by atoms with E-state index in [9.17, 15) is 18.0 Å². The van der Waals surface area contributed by atoms with Gasteiger partial charge in [-0.3, -0.25) is 9.48 Å². The summed E-state index contributed by atoms with van der Waals surface area (Å²) in [6, 6.07) is 2.95. The number of nitrogens with one attached hydrogen (secondary N) is 1. The normalized spacial score (nSPS) is 11.5. The van der Waals surface area contributed by atoms with Gasteiger partial charge in [0.25, 0.3) is 5.91 Å². The van der Waals surface area contributed by atoms with E-state index in [0.29, 0.717) is 4.47 Å². The van der Waals surface area contributed by atoms with Gasteiger partial charge in [0.2, 0.25) is 0 Å². The van der Waals surface area contributed by atoms with Gasteiger partial charge in [0.05, 0.1) is 17.3 Å². The molecule has 1 aromatic carbocycles. The first-order valence-electron chi connectivity index (χ1n) is 5.90. The summed E-state index contributed by atoms with van der Waals surface area (Å²) in [5, 5.41) is 6.50. The molecule has 0 fully saturated rings. The first-order valence-corrected chi connectivity index (χ1v) is 6.69. The second-order valence-electron chi connectivity index (χ2n) is 4.40. The van der Waals surface area contributed by atoms with E-state index in [1.807, 2.05) is 0 Å². The van der Waals surface area contributed by atoms with Crippen molar-refractivity contribution in [3.05, 3.63) is 51.8 Å². The molecule has 1 N–H and O–H groups in total. The van der Waals surface area contributed by atoms with Gasteiger partial charge >= 0.3 is 6.18 Å². The molecule has 0 saturated heterocycles. The van der Waals surface area contributed by atoms with Gasteiger partial charge in [-0.05, 0) is 34.1 Å². The number of hydrogen-bond donors (Lipinski definition) is 1. The minimum Gasteiger partial charge on any atom is -0.348 e. The average molecular weight is 362 g/mol. The van der Waals surface area contributed by atoms with Gasteiger partial charge in [-0.15, -0.1) is 0 Å². The number of alkyl halides is 3. The van der Waals surface area contributed by atoms with E-state index >= 15 is 0 Å². The van der Waals surface area contributed by atoms with Crippen LogP contribution in [-0.2, 0) is 19.8 Å². The van der Waals surface area contributed by atoms with Crippen molar-refractivity contribution in [3.63, 3.8) is 0 Å². The Morgan fingerprint density at radius 2 is 2.14 bits per heavy atom. The number of amides is 1. The van der Waals surface area contributed by atoms with Gasteiger partial charge in [-0.2, -0.15) is 18.3 Å². The van der Waals surface area contributed by atoms with Crippen molar-refractivity contribution in [1.29, 1.82) is 0 Å². The molecule has 1 heterocycles. The van der Waals surface area contributed by atoms with Crippen LogP contribution in [0.2, 0.25) is 0 Å². The minimum atomic E-state index is -4.49. The summed E-state index contributed by atoms with van der Waals surface area (Å²) in [6.45, 7) is 0.190. The highest BCUT2D eigenvalue weighted by Gasteiger charge is 2.31. The molecule has 0 spiro atoms. The lowest BCUT2D eigenvalue weighted by molar-refractivity contribution is -0.137. The molecular formula is C13H11BrF3N3O. The van der Waals surface area contributed by atoms with Crippen LogP contribution in [0.4, 0.5) is 13.2 Å². The Morgan fingerprint density at radius 3 is 2.71 bits per heavy atom. The number of benzene rings is 1. The van der Waals surface area contributed by atoms with Gasteiger partial charge in [0.1, 0.15) is 0 Å². The Bertz CT molecular complexity index is 667. The Labute approximate surface area is 127 Å². The quantitative estimate of drug-likeness (QED) is 0.912. The van der Waals surface area contributed by atoms with E-state index < -0.39 is 17.6 Å². The third-order valence-corrected chi connectivity index (χ3v) is 3.44. The lowest BCUT2D eigenvalue weighted by atomic mass is 10.1. The molecule has 0 aliphatic heterocycles. The number of hydrogen-bond acceptors (Lipinski definition) is 2. The van der Waals surface area contributed by atoms with Crippen LogP contribution in [-0.4, -0.2) is 15.7 Å². The van der Waals surface area contributed by atoms with Crippen LogP contribution in [0.3, 0.4) is 0 Å². The molecule has 0 saturated carbocycles. The molecule has 0 atom stereocenters. The Morgan fingerprint density at radius 1 is 1.43 bits per heavy atom. The van der Waals surface area contributed by atoms with E-state index in [0.717, 1.165) is 17.7 Å². The van der Waals surface area contributed by atoms with E-state index in [4.69, 9.17) is 0 Å². The van der Waals surface area contributed by atoms with Gasteiger partial charge in [0, 0.05) is 29.8 Å². The van der Waals surface area contributed by atoms with Gasteiger partial charge < -0.3 is 5.32 Å². The highest BCUT2D eigenvalue weighted by Crippen LogP contribution is 2.31. The van der Waals surface area contributed by atoms with Crippen LogP contribution < -0.4 is 5.32 Å². The molecule has 0 bridgehead atoms. The number of aromatic nitrogens is 2. The molecule has 1 aromatic heterocycles. The van der Waals surface area contributed by atoms with E-state index in [2.05, 4.69) is 26.3 Å². The maximum absolute atomic E-state index is 12.7. The minimum absolute atomic E-state index is 0.0614. The number of halogens is 4. The lowest BCUT2D eigenvalue weighted by Crippen LogP contribution is -2.23. The smallest absolute Gasteiger partial charge is 0.348 e. The molecule has 2 rings (SSSR count). The molecule has 0 unspecified atom stereocenters. The predicted octanol–water partition coefficient (Wildman–Crippen LogP) is 3.13. The summed E-state index contributed by atoms with van der Waals surface area (Å²) in [5.74, 6) is -0.586. The lowest BCUT2D eigenvalue weighted by Gasteiger charge is -2.10. The summed E-state index contributed by atoms with van der Waals surface area (Å²) in [6.07, 6.45) is -1.21. The standard InChI is InChI=1S/C13H11BrF3N3O/c1-20-7-8(6-19-20)5-18-12(21)10-4-9(13(15,16)17)2-3-11(10)14/h2-4,6-7H,5H2,1H3,(H,18,21). The Hall–Kier alpha value is -1.83. The zero-order chi connectivity index (χ0) is 15.6. The van der Waals surface area contributed by atoms with Crippen molar-refractivity contribution in [1.82, 2.24) is 15.1 Å². The summed E-state index contributed by atoms with van der Waals surface area (Å²) in [4.78, 5) is 12.0. The van der Waals surface area contributed by atoms with Gasteiger partial charge in [-0.1, -0.05) is 0 Å². The maximum Gasteiger partial charge on any atom is 0.416 e. The Balaban J connectivity index is 2.15. The third kappa shape index (κ3) is 3.84. The molecule has 0 radical (unpaired) electrons. The van der Waals surface area contributed by atoms with Crippen molar-refractivity contribution < 1.29 is 18.0 Å². The van der Waals surface area contributed by atoms with Gasteiger partial charge in [0.15, 0.2) is 0 Å². The SMILES string of the molecule is Cn1cc(CNC(=O)c2cc(C(F)(F)F)ccc2Br)cn1. The molecule has 21 heavy (non-hydrogen) atoms. The first kappa shape index (κ1) is 15.6. The summed E-state index contributed by atoms with van der Waals surface area (Å²) in [5.41, 5.74) is -0.167. The largest absolute Gasteiger partial charge is 0.416 e. The predicted molar refractivity (Wildman–Crippen MR) is 73.5 cm³/mol. The van der Waals surface area contributed by atoms with Crippen molar-refractivity contribution in [2.24, 2.45) is 7.05 Å². The molecular weight excluding hydrogens is 351 g/mol. The number of rotatable bonds is 3. The average Bonchev–Trinajstić information content (AvgIpc) is 2.81. The fourth-order valence-corrected chi connectivity index (χ4v) is 2.14. The van der Waals surface area contributed by atoms with Crippen molar-refractivity contribution >= 4 is 21.8 Å². The zero-order valence-electron chi connectivity index (χ0n) is 10.9. The van der Waals surface area contributed by atoms with E-state index in [1.165, 1.54) is 6.07 Å². The number of nitrogens with zero attached hydrogens (tertiary/aromatic N) is 2. The van der Waals surface area contributed by atoms with Crippen molar-refractivity contribution in [2.75, 3.05) is 0 Å². The van der Waals surface area contributed by atoms with Crippen LogP contribution in [0.15, 0.2) is 35.1 Å². The van der Waals surface area contributed by atoms with Crippen LogP contribution in [0.5, 0.6) is 0 Å². The maximum atomic E-state index is 12.7. The summed E-state index contributed by atoms with van der Waals surface area (Å²) in [7, 11) is 1.73. The fraction of sp³-hybridized carbons (Fsp3) is 0.231. The second-order valence-corrected chi connectivity index (χ2v) is 5.25. The van der Waals surface area contributed by atoms with Crippen molar-refractivity contribution in [3.8, 4) is 0 Å². The van der Waals surface area contributed by atoms with E-state index in [1.54, 1.807) is 24.1 Å². The monoisotopic (exact) mass is 361 g/mol. The van der Waals surface area contributed by atoms with Crippen LogP contribution in [0.1, 0.15) is 21.5 Å². The zero-order valence-corrected chi connectivity index (χ0v) is 12.5. The van der Waals surface area contributed by atoms with Gasteiger partial charge in [-0.25, -0.2) is 0 Å². The molecule has 4 nitrogen and oxygen atoms in total. The second kappa shape index (κ2) is 5.88. The highest BCUT2D eigenvalue weighted by molar-refractivity contribution is 9.10. The topological polar surface area (TPSA) is 46.9 Å². The number of aryl methyl sites for hydroxylation is 1. The van der Waals surface area contributed by atoms with Crippen molar-refractivity contribution in [2.45, 2.75) is 12.7 Å². The fourth-order valence-electron chi connectivity index (χ4n) is 1.72. The Kier molecular flexibility index (Phi) is 4.36. The molecule has 0 aliphatic rings. The first-order chi connectivity index (χ1) is 9.77. The highest BCUT2D eigenvalue weighted by atomic mass is 79.9. The molecule has 112 valence electrons. The molecule has 0 aliphatic carbocycles. The summed E-state index contributed by atoms with van der Waals surface area (Å²) >= 11 is 3.08. The van der Waals surface area contributed by atoms with Crippen LogP contribution in [0, 0.1) is 0 Å². The number of carbonyl (C=O) groups excluding carboxylic acids is 1. The molecule has 2 aromatic rings. The van der Waals surface area contributed by atoms with E-state index in [-0.39, 0.29) is 12.1 Å². The third-order valence-electron chi connectivity index (χ3n) is 2.75. The molecule has 8 heteroatoms.